The molecular weight excluding hydrogens is 326 g/mol. The van der Waals surface area contributed by atoms with Gasteiger partial charge in [0.15, 0.2) is 0 Å². The minimum atomic E-state index is -0.240. The molecule has 4 nitrogen and oxygen atoms in total. The Balaban J connectivity index is 1.72. The van der Waals surface area contributed by atoms with Gasteiger partial charge in [-0.15, -0.1) is 0 Å². The highest BCUT2D eigenvalue weighted by Gasteiger charge is 2.16. The summed E-state index contributed by atoms with van der Waals surface area (Å²) in [5, 5.41) is 5.18. The van der Waals surface area contributed by atoms with Crippen LogP contribution in [-0.4, -0.2) is 20.1 Å². The number of nitrogens with one attached hydrogen (secondary N) is 1. The Morgan fingerprint density at radius 1 is 0.962 bits per heavy atom. The summed E-state index contributed by atoms with van der Waals surface area (Å²) in [6.45, 7) is 2.36. The Morgan fingerprint density at radius 3 is 2.46 bits per heavy atom. The zero-order chi connectivity index (χ0) is 18.5. The average molecular weight is 349 g/mol. The number of benzene rings is 3. The van der Waals surface area contributed by atoms with Crippen LogP contribution in [0.25, 0.3) is 10.8 Å². The standard InChI is InChI=1S/C22H23NO3/c1-15(22(24)23-14-19-6-4-5-7-21(19)26-3)16-8-9-18-13-20(25-2)11-10-17(18)12-16/h4-13,15H,14H2,1-3H3,(H,23,24)/t15-/m0/s1. The lowest BCUT2D eigenvalue weighted by molar-refractivity contribution is -0.122. The monoisotopic (exact) mass is 349 g/mol. The molecule has 0 bridgehead atoms. The molecule has 1 atom stereocenters. The fourth-order valence-corrected chi connectivity index (χ4v) is 2.97. The number of carbonyl (C=O) groups excluding carboxylic acids is 1. The molecule has 1 amide bonds. The van der Waals surface area contributed by atoms with Gasteiger partial charge in [-0.25, -0.2) is 0 Å². The molecule has 134 valence electrons. The van der Waals surface area contributed by atoms with Gasteiger partial charge in [0.1, 0.15) is 11.5 Å². The van der Waals surface area contributed by atoms with Crippen molar-refractivity contribution < 1.29 is 14.3 Å². The highest BCUT2D eigenvalue weighted by molar-refractivity contribution is 5.88. The van der Waals surface area contributed by atoms with E-state index in [-0.39, 0.29) is 11.8 Å². The van der Waals surface area contributed by atoms with Crippen molar-refractivity contribution in [2.75, 3.05) is 14.2 Å². The van der Waals surface area contributed by atoms with Crippen LogP contribution in [0.2, 0.25) is 0 Å². The van der Waals surface area contributed by atoms with Crippen molar-refractivity contribution in [3.8, 4) is 11.5 Å². The second-order valence-electron chi connectivity index (χ2n) is 6.22. The molecule has 0 aliphatic rings. The highest BCUT2D eigenvalue weighted by atomic mass is 16.5. The van der Waals surface area contributed by atoms with Crippen molar-refractivity contribution >= 4 is 16.7 Å². The van der Waals surface area contributed by atoms with E-state index in [1.54, 1.807) is 14.2 Å². The summed E-state index contributed by atoms with van der Waals surface area (Å²) in [5.41, 5.74) is 1.95. The Bertz CT molecular complexity index is 920. The zero-order valence-electron chi connectivity index (χ0n) is 15.3. The first kappa shape index (κ1) is 17.8. The molecule has 0 radical (unpaired) electrons. The highest BCUT2D eigenvalue weighted by Crippen LogP contribution is 2.25. The van der Waals surface area contributed by atoms with Crippen LogP contribution in [0, 0.1) is 0 Å². The molecule has 0 saturated heterocycles. The lowest BCUT2D eigenvalue weighted by atomic mass is 9.97. The van der Waals surface area contributed by atoms with Crippen LogP contribution in [0.4, 0.5) is 0 Å². The molecule has 0 fully saturated rings. The van der Waals surface area contributed by atoms with Crippen LogP contribution in [0.15, 0.2) is 60.7 Å². The molecule has 0 aliphatic carbocycles. The molecule has 3 aromatic carbocycles. The number of rotatable bonds is 6. The fourth-order valence-electron chi connectivity index (χ4n) is 2.97. The van der Waals surface area contributed by atoms with E-state index in [1.807, 2.05) is 61.5 Å². The van der Waals surface area contributed by atoms with E-state index >= 15 is 0 Å². The van der Waals surface area contributed by atoms with Gasteiger partial charge < -0.3 is 14.8 Å². The van der Waals surface area contributed by atoms with Gasteiger partial charge in [0, 0.05) is 12.1 Å². The van der Waals surface area contributed by atoms with E-state index in [4.69, 9.17) is 9.47 Å². The minimum Gasteiger partial charge on any atom is -0.497 e. The van der Waals surface area contributed by atoms with Crippen LogP contribution in [0.5, 0.6) is 11.5 Å². The molecule has 3 aromatic rings. The van der Waals surface area contributed by atoms with Gasteiger partial charge in [-0.05, 0) is 41.5 Å². The number of hydrogen-bond acceptors (Lipinski definition) is 3. The summed E-state index contributed by atoms with van der Waals surface area (Å²) >= 11 is 0. The molecule has 26 heavy (non-hydrogen) atoms. The van der Waals surface area contributed by atoms with Gasteiger partial charge in [-0.1, -0.05) is 42.5 Å². The van der Waals surface area contributed by atoms with Gasteiger partial charge >= 0.3 is 0 Å². The van der Waals surface area contributed by atoms with Crippen LogP contribution >= 0.6 is 0 Å². The SMILES string of the molecule is COc1ccc2cc([C@H](C)C(=O)NCc3ccccc3OC)ccc2c1. The first-order valence-corrected chi connectivity index (χ1v) is 8.59. The van der Waals surface area contributed by atoms with Crippen molar-refractivity contribution in [1.29, 1.82) is 0 Å². The lowest BCUT2D eigenvalue weighted by Gasteiger charge is -2.15. The Kier molecular flexibility index (Phi) is 5.42. The summed E-state index contributed by atoms with van der Waals surface area (Å²) in [4.78, 5) is 12.6. The number of hydrogen-bond donors (Lipinski definition) is 1. The molecule has 0 saturated carbocycles. The second-order valence-corrected chi connectivity index (χ2v) is 6.22. The number of fused-ring (bicyclic) bond motifs is 1. The molecule has 0 spiro atoms. The quantitative estimate of drug-likeness (QED) is 0.723. The van der Waals surface area contributed by atoms with Crippen LogP contribution < -0.4 is 14.8 Å². The molecule has 0 heterocycles. The summed E-state index contributed by atoms with van der Waals surface area (Å²) in [6.07, 6.45) is 0. The van der Waals surface area contributed by atoms with Crippen LogP contribution in [0.1, 0.15) is 24.0 Å². The maximum Gasteiger partial charge on any atom is 0.227 e. The second kappa shape index (κ2) is 7.91. The smallest absolute Gasteiger partial charge is 0.227 e. The summed E-state index contributed by atoms with van der Waals surface area (Å²) in [6, 6.07) is 19.7. The van der Waals surface area contributed by atoms with Gasteiger partial charge in [-0.2, -0.15) is 0 Å². The Labute approximate surface area is 153 Å². The first-order chi connectivity index (χ1) is 12.6. The lowest BCUT2D eigenvalue weighted by Crippen LogP contribution is -2.27. The zero-order valence-corrected chi connectivity index (χ0v) is 15.3. The van der Waals surface area contributed by atoms with E-state index < -0.39 is 0 Å². The maximum atomic E-state index is 12.6. The van der Waals surface area contributed by atoms with E-state index in [9.17, 15) is 4.79 Å². The minimum absolute atomic E-state index is 0.0104. The largest absolute Gasteiger partial charge is 0.497 e. The van der Waals surface area contributed by atoms with Crippen LogP contribution in [-0.2, 0) is 11.3 Å². The molecular formula is C22H23NO3. The topological polar surface area (TPSA) is 47.6 Å². The fraction of sp³-hybridized carbons (Fsp3) is 0.227. The third kappa shape index (κ3) is 3.80. The number of ether oxygens (including phenoxy) is 2. The predicted molar refractivity (Wildman–Crippen MR) is 104 cm³/mol. The third-order valence-corrected chi connectivity index (χ3v) is 4.61. The third-order valence-electron chi connectivity index (χ3n) is 4.61. The summed E-state index contributed by atoms with van der Waals surface area (Å²) < 4.78 is 10.6. The van der Waals surface area contributed by atoms with E-state index in [0.29, 0.717) is 6.54 Å². The molecule has 3 rings (SSSR count). The first-order valence-electron chi connectivity index (χ1n) is 8.59. The van der Waals surface area contributed by atoms with E-state index in [0.717, 1.165) is 33.4 Å². The van der Waals surface area contributed by atoms with Crippen molar-refractivity contribution in [2.45, 2.75) is 19.4 Å². The van der Waals surface area contributed by atoms with Crippen molar-refractivity contribution in [2.24, 2.45) is 0 Å². The Morgan fingerprint density at radius 2 is 1.69 bits per heavy atom. The summed E-state index contributed by atoms with van der Waals surface area (Å²) in [7, 11) is 3.29. The normalized spacial score (nSPS) is 11.8. The molecule has 0 unspecified atom stereocenters. The summed E-state index contributed by atoms with van der Waals surface area (Å²) in [5.74, 6) is 1.35. The van der Waals surface area contributed by atoms with E-state index in [2.05, 4.69) is 11.4 Å². The molecule has 1 N–H and O–H groups in total. The van der Waals surface area contributed by atoms with E-state index in [1.165, 1.54) is 0 Å². The van der Waals surface area contributed by atoms with Gasteiger partial charge in [0.05, 0.1) is 20.1 Å². The Hall–Kier alpha value is -3.01. The van der Waals surface area contributed by atoms with Crippen molar-refractivity contribution in [3.05, 3.63) is 71.8 Å². The maximum absolute atomic E-state index is 12.6. The molecule has 0 aliphatic heterocycles. The predicted octanol–water partition coefficient (Wildman–Crippen LogP) is 4.28. The van der Waals surface area contributed by atoms with Gasteiger partial charge in [-0.3, -0.25) is 4.79 Å². The molecule has 4 heteroatoms. The van der Waals surface area contributed by atoms with Crippen molar-refractivity contribution in [3.63, 3.8) is 0 Å². The average Bonchev–Trinajstić information content (AvgIpc) is 2.70. The number of amides is 1. The number of methoxy groups -OCH3 is 2. The van der Waals surface area contributed by atoms with Gasteiger partial charge in [0.2, 0.25) is 5.91 Å². The number of para-hydroxylation sites is 1. The van der Waals surface area contributed by atoms with Gasteiger partial charge in [0.25, 0.3) is 0 Å². The molecule has 0 aromatic heterocycles. The van der Waals surface area contributed by atoms with Crippen molar-refractivity contribution in [1.82, 2.24) is 5.32 Å². The van der Waals surface area contributed by atoms with Crippen LogP contribution in [0.3, 0.4) is 0 Å². The number of carbonyl (C=O) groups is 1.